The molecule has 0 bridgehead atoms. The molecule has 25 heavy (non-hydrogen) atoms. The number of imidazole rings is 1. The Hall–Kier alpha value is -2.73. The Labute approximate surface area is 144 Å². The molecule has 4 rings (SSSR count). The van der Waals surface area contributed by atoms with E-state index >= 15 is 0 Å². The lowest BCUT2D eigenvalue weighted by molar-refractivity contribution is 0.156. The lowest BCUT2D eigenvalue weighted by atomic mass is 10.1. The molecule has 0 aliphatic carbocycles. The van der Waals surface area contributed by atoms with Gasteiger partial charge < -0.3 is 14.6 Å². The number of aliphatic hydroxyl groups excluding tert-OH is 1. The summed E-state index contributed by atoms with van der Waals surface area (Å²) in [5.74, 6) is 1.33. The maximum Gasteiger partial charge on any atom is 0.328 e. The molecule has 1 aliphatic heterocycles. The van der Waals surface area contributed by atoms with Gasteiger partial charge in [0, 0.05) is 13.5 Å². The highest BCUT2D eigenvalue weighted by Crippen LogP contribution is 2.32. The normalized spacial score (nSPS) is 15.1. The van der Waals surface area contributed by atoms with Crippen molar-refractivity contribution in [3.63, 3.8) is 0 Å². The molecule has 6 nitrogen and oxygen atoms in total. The summed E-state index contributed by atoms with van der Waals surface area (Å²) in [7, 11) is 1.74. The minimum absolute atomic E-state index is 0.144. The van der Waals surface area contributed by atoms with Crippen LogP contribution in [0.3, 0.4) is 0 Å². The summed E-state index contributed by atoms with van der Waals surface area (Å²) in [6.45, 7) is 1.40. The number of rotatable bonds is 3. The minimum Gasteiger partial charge on any atom is -0.490 e. The van der Waals surface area contributed by atoms with Crippen LogP contribution in [0, 0.1) is 0 Å². The van der Waals surface area contributed by atoms with Gasteiger partial charge in [-0.2, -0.15) is 0 Å². The smallest absolute Gasteiger partial charge is 0.328 e. The fourth-order valence-electron chi connectivity index (χ4n) is 3.21. The van der Waals surface area contributed by atoms with Gasteiger partial charge >= 0.3 is 5.69 Å². The quantitative estimate of drug-likeness (QED) is 0.794. The summed E-state index contributed by atoms with van der Waals surface area (Å²) in [5, 5.41) is 10.7. The van der Waals surface area contributed by atoms with Crippen LogP contribution < -0.4 is 15.2 Å². The van der Waals surface area contributed by atoms with E-state index in [-0.39, 0.29) is 12.2 Å². The maximum absolute atomic E-state index is 12.5. The molecule has 3 aromatic rings. The summed E-state index contributed by atoms with van der Waals surface area (Å²) in [6, 6.07) is 13.0. The Balaban J connectivity index is 1.67. The zero-order valence-corrected chi connectivity index (χ0v) is 14.0. The summed E-state index contributed by atoms with van der Waals surface area (Å²) in [4.78, 5) is 12.5. The molecule has 0 saturated heterocycles. The van der Waals surface area contributed by atoms with Gasteiger partial charge in [0.2, 0.25) is 0 Å². The topological polar surface area (TPSA) is 65.6 Å². The lowest BCUT2D eigenvalue weighted by Gasteiger charge is -2.14. The Morgan fingerprint density at radius 3 is 2.60 bits per heavy atom. The van der Waals surface area contributed by atoms with Crippen molar-refractivity contribution in [3.05, 3.63) is 58.5 Å². The first kappa shape index (κ1) is 15.8. The number of nitrogens with zero attached hydrogens (tertiary/aromatic N) is 2. The molecule has 1 N–H and O–H groups in total. The van der Waals surface area contributed by atoms with E-state index in [1.54, 1.807) is 22.2 Å². The summed E-state index contributed by atoms with van der Waals surface area (Å²) in [6.07, 6.45) is 0.0125. The summed E-state index contributed by atoms with van der Waals surface area (Å²) < 4.78 is 14.5. The molecular formula is C19H20N2O4. The molecular weight excluding hydrogens is 320 g/mol. The third-order valence-corrected chi connectivity index (χ3v) is 4.56. The first-order chi connectivity index (χ1) is 12.1. The number of hydrogen-bond acceptors (Lipinski definition) is 4. The molecule has 0 fully saturated rings. The van der Waals surface area contributed by atoms with Gasteiger partial charge in [0.1, 0.15) is 0 Å². The van der Waals surface area contributed by atoms with Gasteiger partial charge in [0.05, 0.1) is 36.9 Å². The van der Waals surface area contributed by atoms with Crippen LogP contribution in [-0.2, 0) is 13.6 Å². The Morgan fingerprint density at radius 2 is 1.80 bits per heavy atom. The van der Waals surface area contributed by atoms with E-state index in [1.807, 2.05) is 36.4 Å². The van der Waals surface area contributed by atoms with Crippen LogP contribution >= 0.6 is 0 Å². The zero-order valence-electron chi connectivity index (χ0n) is 14.0. The monoisotopic (exact) mass is 340 g/mol. The second kappa shape index (κ2) is 6.29. The highest BCUT2D eigenvalue weighted by molar-refractivity contribution is 5.75. The van der Waals surface area contributed by atoms with Crippen molar-refractivity contribution in [1.29, 1.82) is 0 Å². The Morgan fingerprint density at radius 1 is 1.08 bits per heavy atom. The Kier molecular flexibility index (Phi) is 3.97. The van der Waals surface area contributed by atoms with Gasteiger partial charge in [-0.3, -0.25) is 9.13 Å². The largest absolute Gasteiger partial charge is 0.490 e. The molecule has 0 saturated carbocycles. The zero-order chi connectivity index (χ0) is 17.4. The number of aromatic nitrogens is 2. The molecule has 1 aliphatic rings. The number of hydrogen-bond donors (Lipinski definition) is 1. The van der Waals surface area contributed by atoms with E-state index in [9.17, 15) is 9.90 Å². The second-order valence-electron chi connectivity index (χ2n) is 6.21. The minimum atomic E-state index is -0.819. The van der Waals surface area contributed by atoms with Gasteiger partial charge in [-0.15, -0.1) is 0 Å². The molecule has 0 spiro atoms. The third-order valence-electron chi connectivity index (χ3n) is 4.56. The van der Waals surface area contributed by atoms with Crippen LogP contribution in [-0.4, -0.2) is 27.5 Å². The van der Waals surface area contributed by atoms with Crippen LogP contribution in [0.4, 0.5) is 0 Å². The van der Waals surface area contributed by atoms with Crippen molar-refractivity contribution >= 4 is 11.0 Å². The van der Waals surface area contributed by atoms with E-state index in [0.29, 0.717) is 30.3 Å². The fraction of sp³-hybridized carbons (Fsp3) is 0.316. The van der Waals surface area contributed by atoms with E-state index in [0.717, 1.165) is 17.5 Å². The van der Waals surface area contributed by atoms with Crippen LogP contribution in [0.25, 0.3) is 11.0 Å². The number of fused-ring (bicyclic) bond motifs is 2. The predicted molar refractivity (Wildman–Crippen MR) is 94.2 cm³/mol. The van der Waals surface area contributed by atoms with Crippen molar-refractivity contribution < 1.29 is 14.6 Å². The number of para-hydroxylation sites is 2. The number of aliphatic hydroxyl groups is 1. The highest BCUT2D eigenvalue weighted by atomic mass is 16.5. The van der Waals surface area contributed by atoms with Crippen LogP contribution in [0.5, 0.6) is 11.5 Å². The second-order valence-corrected chi connectivity index (χ2v) is 6.21. The number of aryl methyl sites for hydroxylation is 1. The average molecular weight is 340 g/mol. The molecule has 1 aromatic heterocycles. The molecule has 0 unspecified atom stereocenters. The van der Waals surface area contributed by atoms with Crippen molar-refractivity contribution in [2.75, 3.05) is 13.2 Å². The lowest BCUT2D eigenvalue weighted by Crippen LogP contribution is -2.24. The third kappa shape index (κ3) is 2.78. The summed E-state index contributed by atoms with van der Waals surface area (Å²) in [5.41, 5.74) is 2.21. The van der Waals surface area contributed by atoms with Crippen molar-refractivity contribution in [3.8, 4) is 11.5 Å². The van der Waals surface area contributed by atoms with E-state index in [1.165, 1.54) is 0 Å². The number of benzene rings is 2. The number of ether oxygens (including phenoxy) is 2. The fourth-order valence-corrected chi connectivity index (χ4v) is 3.21. The molecule has 2 heterocycles. The molecule has 0 amide bonds. The van der Waals surface area contributed by atoms with Gasteiger partial charge in [0.15, 0.2) is 11.5 Å². The molecule has 1 atom stereocenters. The van der Waals surface area contributed by atoms with Gasteiger partial charge in [-0.05, 0) is 29.8 Å². The SMILES string of the molecule is Cn1c(=O)n(C[C@@H](O)c2ccc3c(c2)OCCCO3)c2ccccc21. The van der Waals surface area contributed by atoms with E-state index in [2.05, 4.69) is 0 Å². The maximum atomic E-state index is 12.5. The molecule has 2 aromatic carbocycles. The van der Waals surface area contributed by atoms with Crippen molar-refractivity contribution in [2.24, 2.45) is 7.05 Å². The van der Waals surface area contributed by atoms with Crippen LogP contribution in [0.2, 0.25) is 0 Å². The molecule has 0 radical (unpaired) electrons. The van der Waals surface area contributed by atoms with Crippen LogP contribution in [0.15, 0.2) is 47.3 Å². The first-order valence-electron chi connectivity index (χ1n) is 8.37. The standard InChI is InChI=1S/C19H20N2O4/c1-20-14-5-2-3-6-15(14)21(19(20)23)12-16(22)13-7-8-17-18(11-13)25-10-4-9-24-17/h2-3,5-8,11,16,22H,4,9-10,12H2,1H3/t16-/m1/s1. The van der Waals surface area contributed by atoms with Gasteiger partial charge in [-0.25, -0.2) is 4.79 Å². The van der Waals surface area contributed by atoms with E-state index < -0.39 is 6.10 Å². The summed E-state index contributed by atoms with van der Waals surface area (Å²) >= 11 is 0. The van der Waals surface area contributed by atoms with Gasteiger partial charge in [-0.1, -0.05) is 18.2 Å². The molecule has 130 valence electrons. The Bertz CT molecular complexity index is 973. The molecule has 6 heteroatoms. The van der Waals surface area contributed by atoms with Crippen LogP contribution in [0.1, 0.15) is 18.1 Å². The average Bonchev–Trinajstić information content (AvgIpc) is 2.81. The van der Waals surface area contributed by atoms with Gasteiger partial charge in [0.25, 0.3) is 0 Å². The first-order valence-corrected chi connectivity index (χ1v) is 8.37. The highest BCUT2D eigenvalue weighted by Gasteiger charge is 2.18. The van der Waals surface area contributed by atoms with Crippen molar-refractivity contribution in [2.45, 2.75) is 19.1 Å². The van der Waals surface area contributed by atoms with E-state index in [4.69, 9.17) is 9.47 Å². The predicted octanol–water partition coefficient (Wildman–Crippen LogP) is 2.23. The van der Waals surface area contributed by atoms with Crippen molar-refractivity contribution in [1.82, 2.24) is 9.13 Å².